The third kappa shape index (κ3) is 10.4. The highest BCUT2D eigenvalue weighted by Gasteiger charge is 2.31. The van der Waals surface area contributed by atoms with Gasteiger partial charge in [0.2, 0.25) is 23.6 Å². The number of aromatic amines is 1. The van der Waals surface area contributed by atoms with Gasteiger partial charge in [0.15, 0.2) is 0 Å². The van der Waals surface area contributed by atoms with Gasteiger partial charge >= 0.3 is 5.97 Å². The molecule has 0 aliphatic rings. The summed E-state index contributed by atoms with van der Waals surface area (Å²) >= 11 is 0. The summed E-state index contributed by atoms with van der Waals surface area (Å²) in [5, 5.41) is 26.4. The maximum Gasteiger partial charge on any atom is 0.326 e. The first kappa shape index (κ1) is 30.8. The van der Waals surface area contributed by atoms with Gasteiger partial charge in [-0.25, -0.2) is 9.78 Å². The number of rotatable bonds is 15. The number of amides is 4. The molecular formula is C25H35N7O7. The number of imidazole rings is 1. The Kier molecular flexibility index (Phi) is 11.4. The van der Waals surface area contributed by atoms with E-state index < -0.39 is 60.2 Å². The highest BCUT2D eigenvalue weighted by Crippen LogP contribution is 2.12. The van der Waals surface area contributed by atoms with Gasteiger partial charge in [0, 0.05) is 24.7 Å². The minimum absolute atomic E-state index is 0.00105. The number of phenols is 1. The van der Waals surface area contributed by atoms with Crippen LogP contribution in [0.1, 0.15) is 37.9 Å². The number of nitrogens with one attached hydrogen (secondary N) is 4. The smallest absolute Gasteiger partial charge is 0.326 e. The molecule has 14 nitrogen and oxygen atoms in total. The Labute approximate surface area is 224 Å². The van der Waals surface area contributed by atoms with Crippen LogP contribution in [-0.2, 0) is 36.8 Å². The number of hydrogen-bond acceptors (Lipinski definition) is 8. The van der Waals surface area contributed by atoms with Crippen molar-refractivity contribution in [3.63, 3.8) is 0 Å². The van der Waals surface area contributed by atoms with E-state index in [0.29, 0.717) is 17.7 Å². The van der Waals surface area contributed by atoms with E-state index in [-0.39, 0.29) is 24.5 Å². The van der Waals surface area contributed by atoms with E-state index in [9.17, 15) is 34.2 Å². The molecule has 4 unspecified atom stereocenters. The quantitative estimate of drug-likeness (QED) is 0.132. The standard InChI is InChI=1S/C25H35N7O7/c1-13(2)7-17(26)22(35)30-19(9-15-11-28-12-29-15)24(37)31-18(8-14-3-5-16(33)6-4-14)23(36)32-20(25(38)39)10-21(27)34/h3-6,11-13,17-20,33H,7-10,26H2,1-2H3,(H2,27,34)(H,28,29)(H,30,35)(H,31,37)(H,32,36)(H,38,39). The Hall–Kier alpha value is -4.46. The predicted octanol–water partition coefficient (Wildman–Crippen LogP) is -1.31. The molecule has 0 saturated heterocycles. The number of carboxylic acids is 1. The summed E-state index contributed by atoms with van der Waals surface area (Å²) in [6, 6.07) is 0.845. The molecule has 212 valence electrons. The van der Waals surface area contributed by atoms with Crippen molar-refractivity contribution < 1.29 is 34.2 Å². The molecule has 39 heavy (non-hydrogen) atoms. The van der Waals surface area contributed by atoms with Gasteiger partial charge in [-0.15, -0.1) is 0 Å². The van der Waals surface area contributed by atoms with Crippen molar-refractivity contribution in [1.82, 2.24) is 25.9 Å². The van der Waals surface area contributed by atoms with Crippen LogP contribution in [0, 0.1) is 5.92 Å². The van der Waals surface area contributed by atoms with Gasteiger partial charge in [0.1, 0.15) is 23.9 Å². The number of nitrogens with two attached hydrogens (primary N) is 2. The number of hydrogen-bond donors (Lipinski definition) is 8. The zero-order valence-corrected chi connectivity index (χ0v) is 21.7. The van der Waals surface area contributed by atoms with Crippen LogP contribution >= 0.6 is 0 Å². The average molecular weight is 546 g/mol. The number of aliphatic carboxylic acids is 1. The van der Waals surface area contributed by atoms with Gasteiger partial charge in [-0.1, -0.05) is 26.0 Å². The monoisotopic (exact) mass is 545 g/mol. The van der Waals surface area contributed by atoms with E-state index in [1.807, 2.05) is 13.8 Å². The van der Waals surface area contributed by atoms with Crippen LogP contribution in [0.5, 0.6) is 5.75 Å². The van der Waals surface area contributed by atoms with Crippen molar-refractivity contribution in [2.45, 2.75) is 63.7 Å². The minimum Gasteiger partial charge on any atom is -0.508 e. The van der Waals surface area contributed by atoms with Crippen LogP contribution in [0.4, 0.5) is 0 Å². The molecule has 2 aromatic rings. The topological polar surface area (TPSA) is 243 Å². The molecule has 4 amide bonds. The zero-order valence-electron chi connectivity index (χ0n) is 21.7. The fourth-order valence-corrected chi connectivity index (χ4v) is 3.74. The van der Waals surface area contributed by atoms with Crippen molar-refractivity contribution in [1.29, 1.82) is 0 Å². The first-order valence-electron chi connectivity index (χ1n) is 12.3. The summed E-state index contributed by atoms with van der Waals surface area (Å²) in [7, 11) is 0. The number of benzene rings is 1. The summed E-state index contributed by atoms with van der Waals surface area (Å²) in [6.45, 7) is 3.80. The van der Waals surface area contributed by atoms with Gasteiger partial charge in [-0.3, -0.25) is 19.2 Å². The molecule has 4 atom stereocenters. The van der Waals surface area contributed by atoms with Crippen molar-refractivity contribution in [2.24, 2.45) is 17.4 Å². The molecule has 1 aromatic heterocycles. The molecule has 1 aromatic carbocycles. The number of aromatic hydroxyl groups is 1. The fraction of sp³-hybridized carbons (Fsp3) is 0.440. The molecule has 2 rings (SSSR count). The van der Waals surface area contributed by atoms with E-state index >= 15 is 0 Å². The van der Waals surface area contributed by atoms with E-state index in [4.69, 9.17) is 11.5 Å². The van der Waals surface area contributed by atoms with Gasteiger partial charge in [0.05, 0.1) is 18.8 Å². The Morgan fingerprint density at radius 2 is 1.49 bits per heavy atom. The second-order valence-electron chi connectivity index (χ2n) is 9.58. The molecule has 0 bridgehead atoms. The van der Waals surface area contributed by atoms with Crippen molar-refractivity contribution in [3.05, 3.63) is 48.0 Å². The third-order valence-electron chi connectivity index (χ3n) is 5.70. The number of phenolic OH excluding ortho intramolecular Hbond substituents is 1. The SMILES string of the molecule is CC(C)CC(N)C(=O)NC(Cc1cnc[nH]1)C(=O)NC(Cc1ccc(O)cc1)C(=O)NC(CC(N)=O)C(=O)O. The summed E-state index contributed by atoms with van der Waals surface area (Å²) in [5.41, 5.74) is 12.1. The lowest BCUT2D eigenvalue weighted by Gasteiger charge is -2.25. The molecule has 10 N–H and O–H groups in total. The van der Waals surface area contributed by atoms with Crippen molar-refractivity contribution >= 4 is 29.6 Å². The number of nitrogens with zero attached hydrogens (tertiary/aromatic N) is 1. The van der Waals surface area contributed by atoms with E-state index in [0.717, 1.165) is 0 Å². The first-order chi connectivity index (χ1) is 18.3. The molecule has 0 fully saturated rings. The number of carbonyl (C=O) groups is 5. The van der Waals surface area contributed by atoms with E-state index in [1.165, 1.54) is 36.8 Å². The van der Waals surface area contributed by atoms with Gasteiger partial charge < -0.3 is 42.6 Å². The Bertz CT molecular complexity index is 1140. The van der Waals surface area contributed by atoms with Crippen LogP contribution in [0.3, 0.4) is 0 Å². The van der Waals surface area contributed by atoms with Crippen LogP contribution in [0.2, 0.25) is 0 Å². The molecule has 0 aliphatic heterocycles. The summed E-state index contributed by atoms with van der Waals surface area (Å²) < 4.78 is 0. The van der Waals surface area contributed by atoms with Crippen molar-refractivity contribution in [2.75, 3.05) is 0 Å². The number of primary amides is 1. The maximum atomic E-state index is 13.4. The van der Waals surface area contributed by atoms with Crippen LogP contribution in [0.15, 0.2) is 36.8 Å². The average Bonchev–Trinajstić information content (AvgIpc) is 3.36. The highest BCUT2D eigenvalue weighted by atomic mass is 16.4. The Morgan fingerprint density at radius 3 is 2.00 bits per heavy atom. The van der Waals surface area contributed by atoms with Crippen molar-refractivity contribution in [3.8, 4) is 5.75 Å². The maximum absolute atomic E-state index is 13.4. The molecule has 0 aliphatic carbocycles. The number of H-pyrrole nitrogens is 1. The largest absolute Gasteiger partial charge is 0.508 e. The molecule has 0 spiro atoms. The minimum atomic E-state index is -1.62. The number of aromatic nitrogens is 2. The lowest BCUT2D eigenvalue weighted by atomic mass is 10.0. The van der Waals surface area contributed by atoms with Gasteiger partial charge in [0.25, 0.3) is 0 Å². The zero-order chi connectivity index (χ0) is 29.1. The molecule has 0 radical (unpaired) electrons. The third-order valence-corrected chi connectivity index (χ3v) is 5.70. The molecular weight excluding hydrogens is 510 g/mol. The fourth-order valence-electron chi connectivity index (χ4n) is 3.74. The summed E-state index contributed by atoms with van der Waals surface area (Å²) in [5.74, 6) is -4.51. The second kappa shape index (κ2) is 14.5. The molecule has 14 heteroatoms. The Morgan fingerprint density at radius 1 is 0.923 bits per heavy atom. The summed E-state index contributed by atoms with van der Waals surface area (Å²) in [6.07, 6.45) is 2.50. The molecule has 1 heterocycles. The molecule has 0 saturated carbocycles. The van der Waals surface area contributed by atoms with E-state index in [2.05, 4.69) is 25.9 Å². The van der Waals surface area contributed by atoms with Gasteiger partial charge in [-0.2, -0.15) is 0 Å². The first-order valence-corrected chi connectivity index (χ1v) is 12.3. The number of carboxylic acid groups (broad SMARTS) is 1. The normalized spacial score (nSPS) is 14.1. The van der Waals surface area contributed by atoms with Crippen LogP contribution < -0.4 is 27.4 Å². The van der Waals surface area contributed by atoms with Gasteiger partial charge in [-0.05, 0) is 30.0 Å². The lowest BCUT2D eigenvalue weighted by Crippen LogP contribution is -2.58. The second-order valence-corrected chi connectivity index (χ2v) is 9.58. The summed E-state index contributed by atoms with van der Waals surface area (Å²) in [4.78, 5) is 68.9. The highest BCUT2D eigenvalue weighted by molar-refractivity contribution is 5.95. The Balaban J connectivity index is 2.30. The van der Waals surface area contributed by atoms with Crippen LogP contribution in [-0.4, -0.2) is 73.9 Å². The lowest BCUT2D eigenvalue weighted by molar-refractivity contribution is -0.143. The number of carbonyl (C=O) groups excluding carboxylic acids is 4. The van der Waals surface area contributed by atoms with Crippen LogP contribution in [0.25, 0.3) is 0 Å². The predicted molar refractivity (Wildman–Crippen MR) is 139 cm³/mol. The van der Waals surface area contributed by atoms with E-state index in [1.54, 1.807) is 0 Å².